The summed E-state index contributed by atoms with van der Waals surface area (Å²) in [5.74, 6) is -1.56. The number of benzene rings is 1. The van der Waals surface area contributed by atoms with E-state index in [0.29, 0.717) is 5.56 Å². The van der Waals surface area contributed by atoms with Gasteiger partial charge in [0.25, 0.3) is 0 Å². The number of hydrogen-bond donors (Lipinski definition) is 1. The molecule has 1 atom stereocenters. The Morgan fingerprint density at radius 3 is 2.19 bits per heavy atom. The van der Waals surface area contributed by atoms with Crippen molar-refractivity contribution in [2.45, 2.75) is 19.5 Å². The van der Waals surface area contributed by atoms with E-state index in [4.69, 9.17) is 5.11 Å². The van der Waals surface area contributed by atoms with Crippen LogP contribution in [0.15, 0.2) is 24.3 Å². The molecule has 1 N–H and O–H groups in total. The highest BCUT2D eigenvalue weighted by atomic mass is 19.4. The Balaban J connectivity index is 2.76. The molecule has 0 aromatic heterocycles. The van der Waals surface area contributed by atoms with E-state index in [1.165, 1.54) is 19.1 Å². The van der Waals surface area contributed by atoms with Gasteiger partial charge in [0.15, 0.2) is 0 Å². The molecule has 16 heavy (non-hydrogen) atoms. The van der Waals surface area contributed by atoms with Crippen LogP contribution in [0.5, 0.6) is 0 Å². The topological polar surface area (TPSA) is 37.3 Å². The molecule has 1 unspecified atom stereocenters. The number of aliphatic carboxylic acids is 1. The van der Waals surface area contributed by atoms with E-state index < -0.39 is 23.6 Å². The first kappa shape index (κ1) is 12.5. The molecule has 0 fully saturated rings. The number of halogens is 3. The minimum absolute atomic E-state index is 0.230. The molecule has 1 rings (SSSR count). The van der Waals surface area contributed by atoms with Gasteiger partial charge in [0, 0.05) is 0 Å². The van der Waals surface area contributed by atoms with Gasteiger partial charge < -0.3 is 5.11 Å². The predicted molar refractivity (Wildman–Crippen MR) is 51.9 cm³/mol. The Morgan fingerprint density at radius 1 is 1.31 bits per heavy atom. The Kier molecular flexibility index (Phi) is 3.57. The van der Waals surface area contributed by atoms with Crippen LogP contribution in [0.3, 0.4) is 0 Å². The highest BCUT2D eigenvalue weighted by Crippen LogP contribution is 2.29. The Morgan fingerprint density at radius 2 is 1.81 bits per heavy atom. The second kappa shape index (κ2) is 4.55. The monoisotopic (exact) mass is 232 g/mol. The molecule has 88 valence electrons. The Bertz CT molecular complexity index is 368. The fourth-order valence-corrected chi connectivity index (χ4v) is 1.27. The number of carboxylic acids is 1. The van der Waals surface area contributed by atoms with Gasteiger partial charge in [-0.2, -0.15) is 13.2 Å². The maximum absolute atomic E-state index is 12.2. The van der Waals surface area contributed by atoms with E-state index in [-0.39, 0.29) is 6.42 Å². The van der Waals surface area contributed by atoms with Crippen molar-refractivity contribution in [1.29, 1.82) is 0 Å². The lowest BCUT2D eigenvalue weighted by Gasteiger charge is -2.09. The first-order chi connectivity index (χ1) is 7.30. The minimum atomic E-state index is -4.35. The molecule has 2 nitrogen and oxygen atoms in total. The first-order valence-corrected chi connectivity index (χ1v) is 4.69. The third-order valence-electron chi connectivity index (χ3n) is 2.24. The van der Waals surface area contributed by atoms with Gasteiger partial charge in [-0.15, -0.1) is 0 Å². The van der Waals surface area contributed by atoms with Crippen molar-refractivity contribution in [2.24, 2.45) is 5.92 Å². The molecular weight excluding hydrogens is 221 g/mol. The smallest absolute Gasteiger partial charge is 0.416 e. The Labute approximate surface area is 90.7 Å². The molecular formula is C11H11F3O2. The zero-order valence-electron chi connectivity index (χ0n) is 8.58. The molecule has 0 aliphatic carbocycles. The van der Waals surface area contributed by atoms with Crippen LogP contribution in [-0.2, 0) is 17.4 Å². The highest BCUT2D eigenvalue weighted by Gasteiger charge is 2.29. The molecule has 5 heteroatoms. The van der Waals surface area contributed by atoms with Crippen LogP contribution < -0.4 is 0 Å². The number of carbonyl (C=O) groups is 1. The van der Waals surface area contributed by atoms with Gasteiger partial charge in [-0.05, 0) is 24.1 Å². The van der Waals surface area contributed by atoms with Crippen LogP contribution in [0.2, 0.25) is 0 Å². The minimum Gasteiger partial charge on any atom is -0.481 e. The van der Waals surface area contributed by atoms with Crippen LogP contribution in [0.25, 0.3) is 0 Å². The van der Waals surface area contributed by atoms with Gasteiger partial charge in [-0.1, -0.05) is 19.1 Å². The average molecular weight is 232 g/mol. The maximum Gasteiger partial charge on any atom is 0.416 e. The van der Waals surface area contributed by atoms with Crippen LogP contribution in [0.1, 0.15) is 18.1 Å². The van der Waals surface area contributed by atoms with Crippen molar-refractivity contribution >= 4 is 5.97 Å². The lowest BCUT2D eigenvalue weighted by molar-refractivity contribution is -0.141. The van der Waals surface area contributed by atoms with Gasteiger partial charge in [-0.3, -0.25) is 4.79 Å². The lowest BCUT2D eigenvalue weighted by Crippen LogP contribution is -2.12. The summed E-state index contributed by atoms with van der Waals surface area (Å²) in [6, 6.07) is 4.54. The molecule has 0 saturated carbocycles. The third kappa shape index (κ3) is 3.25. The quantitative estimate of drug-likeness (QED) is 0.869. The summed E-state index contributed by atoms with van der Waals surface area (Å²) in [6.07, 6.45) is -4.12. The van der Waals surface area contributed by atoms with E-state index in [1.807, 2.05) is 0 Å². The normalized spacial score (nSPS) is 13.5. The largest absolute Gasteiger partial charge is 0.481 e. The lowest BCUT2D eigenvalue weighted by atomic mass is 10.0. The SMILES string of the molecule is CC(Cc1ccc(C(F)(F)F)cc1)C(=O)O. The molecule has 0 aliphatic heterocycles. The first-order valence-electron chi connectivity index (χ1n) is 4.69. The molecule has 0 radical (unpaired) electrons. The van der Waals surface area contributed by atoms with Gasteiger partial charge in [0.2, 0.25) is 0 Å². The molecule has 0 spiro atoms. The Hall–Kier alpha value is -1.52. The van der Waals surface area contributed by atoms with Crippen LogP contribution in [-0.4, -0.2) is 11.1 Å². The van der Waals surface area contributed by atoms with Gasteiger partial charge in [0.1, 0.15) is 0 Å². The van der Waals surface area contributed by atoms with Crippen molar-refractivity contribution in [3.8, 4) is 0 Å². The summed E-state index contributed by atoms with van der Waals surface area (Å²) in [4.78, 5) is 10.5. The summed E-state index contributed by atoms with van der Waals surface area (Å²) in [7, 11) is 0. The number of rotatable bonds is 3. The van der Waals surface area contributed by atoms with Crippen molar-refractivity contribution in [2.75, 3.05) is 0 Å². The van der Waals surface area contributed by atoms with Crippen molar-refractivity contribution in [3.05, 3.63) is 35.4 Å². The average Bonchev–Trinajstić information content (AvgIpc) is 2.17. The second-order valence-electron chi connectivity index (χ2n) is 3.64. The van der Waals surface area contributed by atoms with Crippen molar-refractivity contribution in [3.63, 3.8) is 0 Å². The molecule has 0 aliphatic rings. The van der Waals surface area contributed by atoms with Crippen molar-refractivity contribution in [1.82, 2.24) is 0 Å². The summed E-state index contributed by atoms with van der Waals surface area (Å²) < 4.78 is 36.6. The third-order valence-corrected chi connectivity index (χ3v) is 2.24. The molecule has 1 aromatic carbocycles. The van der Waals surface area contributed by atoms with Crippen LogP contribution in [0, 0.1) is 5.92 Å². The van der Waals surface area contributed by atoms with E-state index in [9.17, 15) is 18.0 Å². The van der Waals surface area contributed by atoms with Gasteiger partial charge >= 0.3 is 12.1 Å². The zero-order chi connectivity index (χ0) is 12.3. The summed E-state index contributed by atoms with van der Waals surface area (Å²) in [6.45, 7) is 1.51. The van der Waals surface area contributed by atoms with Crippen LogP contribution in [0.4, 0.5) is 13.2 Å². The van der Waals surface area contributed by atoms with Gasteiger partial charge in [-0.25, -0.2) is 0 Å². The van der Waals surface area contributed by atoms with E-state index >= 15 is 0 Å². The number of alkyl halides is 3. The predicted octanol–water partition coefficient (Wildman–Crippen LogP) is 2.97. The fourth-order valence-electron chi connectivity index (χ4n) is 1.27. The van der Waals surface area contributed by atoms with Crippen LogP contribution >= 0.6 is 0 Å². The molecule has 0 saturated heterocycles. The summed E-state index contributed by atoms with van der Waals surface area (Å²) >= 11 is 0. The van der Waals surface area contributed by atoms with E-state index in [0.717, 1.165) is 12.1 Å². The highest BCUT2D eigenvalue weighted by molar-refractivity contribution is 5.69. The number of hydrogen-bond acceptors (Lipinski definition) is 1. The standard InChI is InChI=1S/C11H11F3O2/c1-7(10(15)16)6-8-2-4-9(5-3-8)11(12,13)14/h2-5,7H,6H2,1H3,(H,15,16). The summed E-state index contributed by atoms with van der Waals surface area (Å²) in [5, 5.41) is 8.65. The number of carboxylic acid groups (broad SMARTS) is 1. The van der Waals surface area contributed by atoms with Gasteiger partial charge in [0.05, 0.1) is 11.5 Å². The second-order valence-corrected chi connectivity index (χ2v) is 3.64. The fraction of sp³-hybridized carbons (Fsp3) is 0.364. The molecule has 1 aromatic rings. The van der Waals surface area contributed by atoms with E-state index in [2.05, 4.69) is 0 Å². The molecule has 0 heterocycles. The van der Waals surface area contributed by atoms with E-state index in [1.54, 1.807) is 0 Å². The summed E-state index contributed by atoms with van der Waals surface area (Å²) in [5.41, 5.74) is -0.137. The van der Waals surface area contributed by atoms with Crippen molar-refractivity contribution < 1.29 is 23.1 Å². The maximum atomic E-state index is 12.2. The molecule has 0 amide bonds. The molecule has 0 bridgehead atoms. The zero-order valence-corrected chi connectivity index (χ0v) is 8.58.